The minimum absolute atomic E-state index is 0.0113. The summed E-state index contributed by atoms with van der Waals surface area (Å²) in [6.07, 6.45) is 0.543. The maximum absolute atomic E-state index is 13.1. The fourth-order valence-electron chi connectivity index (χ4n) is 3.91. The maximum atomic E-state index is 13.1. The molecule has 2 aromatic carbocycles. The van der Waals surface area contributed by atoms with Crippen LogP contribution in [-0.4, -0.2) is 37.9 Å². The first-order valence-electron chi connectivity index (χ1n) is 9.39. The molecule has 0 aromatic heterocycles. The summed E-state index contributed by atoms with van der Waals surface area (Å²) in [5, 5.41) is 0.115. The van der Waals surface area contributed by atoms with Crippen molar-refractivity contribution in [1.82, 2.24) is 4.31 Å². The molecule has 2 heterocycles. The first kappa shape index (κ1) is 21.7. The predicted octanol–water partition coefficient (Wildman–Crippen LogP) is 5.27. The molecule has 6 nitrogen and oxygen atoms in total. The van der Waals surface area contributed by atoms with Crippen molar-refractivity contribution in [3.63, 3.8) is 0 Å². The van der Waals surface area contributed by atoms with Crippen LogP contribution in [0.2, 0.25) is 15.1 Å². The second kappa shape index (κ2) is 8.20. The van der Waals surface area contributed by atoms with Crippen LogP contribution in [0.1, 0.15) is 24.0 Å². The molecule has 0 atom stereocenters. The van der Waals surface area contributed by atoms with Crippen molar-refractivity contribution in [2.45, 2.75) is 37.3 Å². The van der Waals surface area contributed by atoms with Crippen molar-refractivity contribution in [2.24, 2.45) is 0 Å². The molecular formula is C20H19Cl3N2O4S. The number of piperidine rings is 1. The van der Waals surface area contributed by atoms with Gasteiger partial charge < -0.3 is 4.74 Å². The lowest BCUT2D eigenvalue weighted by Gasteiger charge is -2.40. The number of carbonyl (C=O) groups is 1. The zero-order valence-corrected chi connectivity index (χ0v) is 19.2. The Morgan fingerprint density at radius 1 is 1.03 bits per heavy atom. The van der Waals surface area contributed by atoms with E-state index >= 15 is 0 Å². The SMILES string of the molecule is Cc1ccc2c(c1)COC(=O)N2C1CCN(S(=O)(=O)c2ccc(Cl)c(Cl)c2Cl)CC1. The van der Waals surface area contributed by atoms with E-state index in [2.05, 4.69) is 0 Å². The third-order valence-electron chi connectivity index (χ3n) is 5.45. The number of hydrogen-bond acceptors (Lipinski definition) is 4. The summed E-state index contributed by atoms with van der Waals surface area (Å²) in [7, 11) is -3.84. The van der Waals surface area contributed by atoms with Crippen LogP contribution in [-0.2, 0) is 21.4 Å². The fraction of sp³-hybridized carbons (Fsp3) is 0.350. The summed E-state index contributed by atoms with van der Waals surface area (Å²) in [6, 6.07) is 8.49. The lowest BCUT2D eigenvalue weighted by molar-refractivity contribution is 0.135. The molecule has 1 amide bonds. The molecule has 160 valence electrons. The average Bonchev–Trinajstić information content (AvgIpc) is 2.72. The van der Waals surface area contributed by atoms with Crippen LogP contribution in [0.4, 0.5) is 10.5 Å². The highest BCUT2D eigenvalue weighted by Gasteiger charge is 2.37. The van der Waals surface area contributed by atoms with Gasteiger partial charge in [0.2, 0.25) is 10.0 Å². The molecule has 0 radical (unpaired) electrons. The summed E-state index contributed by atoms with van der Waals surface area (Å²) >= 11 is 18.1. The average molecular weight is 490 g/mol. The summed E-state index contributed by atoms with van der Waals surface area (Å²) in [6.45, 7) is 2.72. The molecule has 2 aliphatic heterocycles. The number of fused-ring (bicyclic) bond motifs is 1. The Balaban J connectivity index is 1.55. The van der Waals surface area contributed by atoms with Crippen LogP contribution in [0.3, 0.4) is 0 Å². The van der Waals surface area contributed by atoms with Gasteiger partial charge in [-0.2, -0.15) is 4.31 Å². The lowest BCUT2D eigenvalue weighted by atomic mass is 10.0. The van der Waals surface area contributed by atoms with Gasteiger partial charge in [0.15, 0.2) is 0 Å². The highest BCUT2D eigenvalue weighted by atomic mass is 35.5. The summed E-state index contributed by atoms with van der Waals surface area (Å²) < 4.78 is 32.9. The van der Waals surface area contributed by atoms with E-state index in [0.29, 0.717) is 12.8 Å². The van der Waals surface area contributed by atoms with Crippen molar-refractivity contribution >= 4 is 56.6 Å². The third kappa shape index (κ3) is 3.78. The molecule has 4 rings (SSSR count). The van der Waals surface area contributed by atoms with E-state index in [1.807, 2.05) is 25.1 Å². The van der Waals surface area contributed by atoms with E-state index in [-0.39, 0.29) is 45.7 Å². The minimum atomic E-state index is -3.84. The zero-order chi connectivity index (χ0) is 21.6. The number of ether oxygens (including phenoxy) is 1. The molecule has 0 N–H and O–H groups in total. The Morgan fingerprint density at radius 3 is 2.43 bits per heavy atom. The second-order valence-electron chi connectivity index (χ2n) is 7.37. The van der Waals surface area contributed by atoms with E-state index < -0.39 is 16.1 Å². The van der Waals surface area contributed by atoms with Crippen molar-refractivity contribution in [2.75, 3.05) is 18.0 Å². The van der Waals surface area contributed by atoms with Gasteiger partial charge in [-0.15, -0.1) is 0 Å². The largest absolute Gasteiger partial charge is 0.444 e. The number of amides is 1. The van der Waals surface area contributed by atoms with Gasteiger partial charge in [0, 0.05) is 24.7 Å². The molecule has 0 aliphatic carbocycles. The van der Waals surface area contributed by atoms with Crippen LogP contribution in [0.5, 0.6) is 0 Å². The van der Waals surface area contributed by atoms with Crippen LogP contribution < -0.4 is 4.90 Å². The topological polar surface area (TPSA) is 66.9 Å². The molecule has 1 fully saturated rings. The Hall–Kier alpha value is -1.51. The first-order chi connectivity index (χ1) is 14.2. The van der Waals surface area contributed by atoms with E-state index in [1.54, 1.807) is 4.90 Å². The van der Waals surface area contributed by atoms with Crippen molar-refractivity contribution in [1.29, 1.82) is 0 Å². The molecule has 10 heteroatoms. The molecular weight excluding hydrogens is 471 g/mol. The van der Waals surface area contributed by atoms with Crippen molar-refractivity contribution < 1.29 is 17.9 Å². The summed E-state index contributed by atoms with van der Waals surface area (Å²) in [5.74, 6) is 0. The fourth-order valence-corrected chi connectivity index (χ4v) is 6.33. The summed E-state index contributed by atoms with van der Waals surface area (Å²) in [5.41, 5.74) is 2.86. The number of hydrogen-bond donors (Lipinski definition) is 0. The minimum Gasteiger partial charge on any atom is -0.444 e. The van der Waals surface area contributed by atoms with Crippen LogP contribution in [0, 0.1) is 6.92 Å². The lowest BCUT2D eigenvalue weighted by Crippen LogP contribution is -2.50. The third-order valence-corrected chi connectivity index (χ3v) is 8.80. The number of nitrogens with zero attached hydrogens (tertiary/aromatic N) is 2. The van der Waals surface area contributed by atoms with Crippen molar-refractivity contribution in [3.05, 3.63) is 56.5 Å². The highest BCUT2D eigenvalue weighted by Crippen LogP contribution is 2.38. The van der Waals surface area contributed by atoms with Gasteiger partial charge in [-0.3, -0.25) is 4.90 Å². The quantitative estimate of drug-likeness (QED) is 0.551. The number of sulfonamides is 1. The number of carbonyl (C=O) groups excluding carboxylic acids is 1. The number of benzene rings is 2. The van der Waals surface area contributed by atoms with Gasteiger partial charge in [0.25, 0.3) is 0 Å². The Morgan fingerprint density at radius 2 is 1.73 bits per heavy atom. The van der Waals surface area contributed by atoms with Gasteiger partial charge in [0.1, 0.15) is 11.5 Å². The Kier molecular flexibility index (Phi) is 5.94. The molecule has 30 heavy (non-hydrogen) atoms. The smallest absolute Gasteiger partial charge is 0.414 e. The first-order valence-corrected chi connectivity index (χ1v) is 12.0. The second-order valence-corrected chi connectivity index (χ2v) is 10.4. The molecule has 2 aliphatic rings. The molecule has 1 saturated heterocycles. The normalized spacial score (nSPS) is 18.3. The van der Waals surface area contributed by atoms with Crippen LogP contribution in [0.15, 0.2) is 35.2 Å². The predicted molar refractivity (Wildman–Crippen MR) is 117 cm³/mol. The number of cyclic esters (lactones) is 1. The van der Waals surface area contributed by atoms with Crippen LogP contribution in [0.25, 0.3) is 0 Å². The standard InChI is InChI=1S/C20H19Cl3N2O4S/c1-12-2-4-16-13(10-12)11-29-20(26)25(16)14-6-8-24(9-7-14)30(27,28)17-5-3-15(21)18(22)19(17)23/h2-5,10,14H,6-9,11H2,1H3. The van der Waals surface area contributed by atoms with E-state index in [4.69, 9.17) is 39.5 Å². The zero-order valence-electron chi connectivity index (χ0n) is 16.1. The number of rotatable bonds is 3. The molecule has 0 spiro atoms. The monoisotopic (exact) mass is 488 g/mol. The summed E-state index contributed by atoms with van der Waals surface area (Å²) in [4.78, 5) is 14.1. The molecule has 0 unspecified atom stereocenters. The van der Waals surface area contributed by atoms with Gasteiger partial charge in [-0.05, 0) is 38.0 Å². The number of anilines is 1. The molecule has 0 bridgehead atoms. The maximum Gasteiger partial charge on any atom is 0.414 e. The number of halogens is 3. The van der Waals surface area contributed by atoms with Gasteiger partial charge >= 0.3 is 6.09 Å². The van der Waals surface area contributed by atoms with E-state index in [9.17, 15) is 13.2 Å². The molecule has 2 aromatic rings. The highest BCUT2D eigenvalue weighted by molar-refractivity contribution is 7.89. The van der Waals surface area contributed by atoms with Crippen molar-refractivity contribution in [3.8, 4) is 0 Å². The van der Waals surface area contributed by atoms with Gasteiger partial charge in [-0.1, -0.05) is 52.5 Å². The molecule has 0 saturated carbocycles. The van der Waals surface area contributed by atoms with Crippen LogP contribution >= 0.6 is 34.8 Å². The van der Waals surface area contributed by atoms with Gasteiger partial charge in [0.05, 0.1) is 20.8 Å². The Bertz CT molecular complexity index is 1120. The van der Waals surface area contributed by atoms with E-state index in [0.717, 1.165) is 16.8 Å². The number of aryl methyl sites for hydroxylation is 1. The van der Waals surface area contributed by atoms with Gasteiger partial charge in [-0.25, -0.2) is 13.2 Å². The van der Waals surface area contributed by atoms with E-state index in [1.165, 1.54) is 16.4 Å². The Labute approximate surface area is 190 Å².